The summed E-state index contributed by atoms with van der Waals surface area (Å²) in [5.41, 5.74) is 1.72. The number of nitrogens with zero attached hydrogens (tertiary/aromatic N) is 4. The van der Waals surface area contributed by atoms with Crippen molar-refractivity contribution in [2.75, 3.05) is 26.7 Å². The van der Waals surface area contributed by atoms with E-state index in [4.69, 9.17) is 9.26 Å². The minimum atomic E-state index is -0.395. The summed E-state index contributed by atoms with van der Waals surface area (Å²) >= 11 is 0. The fraction of sp³-hybridized carbons (Fsp3) is 0.500. The maximum Gasteiger partial charge on any atom is 0.410 e. The smallest absolute Gasteiger partial charge is 0.410 e. The number of hydrogen-bond acceptors (Lipinski definition) is 6. The normalized spacial score (nSPS) is 24.1. The number of amides is 1. The minimum absolute atomic E-state index is 0.233. The van der Waals surface area contributed by atoms with Crippen LogP contribution in [0.25, 0.3) is 11.5 Å². The van der Waals surface area contributed by atoms with Crippen LogP contribution in [-0.2, 0) is 11.3 Å². The highest BCUT2D eigenvalue weighted by atomic mass is 16.6. The monoisotopic (exact) mass is 342 g/mol. The predicted molar refractivity (Wildman–Crippen MR) is 90.8 cm³/mol. The fourth-order valence-electron chi connectivity index (χ4n) is 3.66. The van der Waals surface area contributed by atoms with Gasteiger partial charge >= 0.3 is 6.09 Å². The Balaban J connectivity index is 1.44. The van der Waals surface area contributed by atoms with Crippen LogP contribution in [0.2, 0.25) is 0 Å². The van der Waals surface area contributed by atoms with E-state index in [1.165, 1.54) is 5.56 Å². The lowest BCUT2D eigenvalue weighted by Gasteiger charge is -2.37. The zero-order valence-electron chi connectivity index (χ0n) is 14.6. The SMILES string of the molecule is Cc1ccc(-c2nc(CN3CCCC4(C3)CN(C)C(=O)O4)no2)cc1. The number of likely N-dealkylation sites (N-methyl/N-ethyl adjacent to an activating group) is 1. The van der Waals surface area contributed by atoms with Gasteiger partial charge < -0.3 is 14.2 Å². The molecule has 0 bridgehead atoms. The Morgan fingerprint density at radius 3 is 2.76 bits per heavy atom. The fourth-order valence-corrected chi connectivity index (χ4v) is 3.66. The highest BCUT2D eigenvalue weighted by Crippen LogP contribution is 2.31. The third-order valence-corrected chi connectivity index (χ3v) is 4.89. The van der Waals surface area contributed by atoms with Gasteiger partial charge in [-0.25, -0.2) is 4.79 Å². The molecule has 2 aliphatic heterocycles. The summed E-state index contributed by atoms with van der Waals surface area (Å²) in [4.78, 5) is 20.1. The van der Waals surface area contributed by atoms with Gasteiger partial charge in [0.05, 0.1) is 13.1 Å². The second kappa shape index (κ2) is 6.15. The van der Waals surface area contributed by atoms with E-state index in [1.807, 2.05) is 31.2 Å². The summed E-state index contributed by atoms with van der Waals surface area (Å²) in [7, 11) is 1.78. The maximum atomic E-state index is 11.7. The molecule has 0 N–H and O–H groups in total. The quantitative estimate of drug-likeness (QED) is 0.853. The van der Waals surface area contributed by atoms with Crippen LogP contribution in [0.15, 0.2) is 28.8 Å². The zero-order valence-corrected chi connectivity index (χ0v) is 14.6. The molecular weight excluding hydrogens is 320 g/mol. The van der Waals surface area contributed by atoms with Crippen LogP contribution in [0.3, 0.4) is 0 Å². The molecule has 7 heteroatoms. The molecule has 2 saturated heterocycles. The highest BCUT2D eigenvalue weighted by molar-refractivity contribution is 5.70. The van der Waals surface area contributed by atoms with Crippen molar-refractivity contribution in [3.8, 4) is 11.5 Å². The maximum absolute atomic E-state index is 11.7. The Morgan fingerprint density at radius 2 is 2.04 bits per heavy atom. The number of likely N-dealkylation sites (tertiary alicyclic amines) is 1. The first-order valence-electron chi connectivity index (χ1n) is 8.59. The molecule has 1 aromatic carbocycles. The number of piperidine rings is 1. The predicted octanol–water partition coefficient (Wildman–Crippen LogP) is 2.46. The molecule has 0 radical (unpaired) electrons. The standard InChI is InChI=1S/C18H22N4O3/c1-13-4-6-14(7-5-13)16-19-15(20-25-16)10-22-9-3-8-18(12-22)11-21(2)17(23)24-18/h4-7H,3,8-12H2,1-2H3. The van der Waals surface area contributed by atoms with Gasteiger partial charge in [-0.1, -0.05) is 22.9 Å². The molecule has 1 spiro atoms. The van der Waals surface area contributed by atoms with E-state index in [0.717, 1.165) is 24.9 Å². The van der Waals surface area contributed by atoms with Crippen molar-refractivity contribution in [1.29, 1.82) is 0 Å². The summed E-state index contributed by atoms with van der Waals surface area (Å²) in [5, 5.41) is 4.11. The van der Waals surface area contributed by atoms with E-state index in [9.17, 15) is 4.79 Å². The van der Waals surface area contributed by atoms with Gasteiger partial charge in [-0.3, -0.25) is 4.90 Å². The number of aromatic nitrogens is 2. The summed E-state index contributed by atoms with van der Waals surface area (Å²) in [6, 6.07) is 8.02. The number of ether oxygens (including phenoxy) is 1. The topological polar surface area (TPSA) is 71.7 Å². The van der Waals surface area contributed by atoms with Crippen LogP contribution in [-0.4, -0.2) is 58.3 Å². The summed E-state index contributed by atoms with van der Waals surface area (Å²) < 4.78 is 11.0. The lowest BCUT2D eigenvalue weighted by Crippen LogP contribution is -2.50. The van der Waals surface area contributed by atoms with Gasteiger partial charge in [0.2, 0.25) is 0 Å². The van der Waals surface area contributed by atoms with E-state index < -0.39 is 5.60 Å². The molecule has 2 aromatic rings. The molecule has 1 aromatic heterocycles. The van der Waals surface area contributed by atoms with Crippen LogP contribution in [0, 0.1) is 6.92 Å². The zero-order chi connectivity index (χ0) is 17.4. The van der Waals surface area contributed by atoms with Crippen LogP contribution in [0.5, 0.6) is 0 Å². The molecule has 132 valence electrons. The average Bonchev–Trinajstić information content (AvgIpc) is 3.13. The van der Waals surface area contributed by atoms with Gasteiger partial charge in [-0.05, 0) is 38.4 Å². The van der Waals surface area contributed by atoms with Crippen LogP contribution in [0.1, 0.15) is 24.2 Å². The second-order valence-electron chi connectivity index (χ2n) is 7.10. The molecule has 0 saturated carbocycles. The molecule has 25 heavy (non-hydrogen) atoms. The third kappa shape index (κ3) is 3.24. The Labute approximate surface area is 146 Å². The Kier molecular flexibility index (Phi) is 3.95. The van der Waals surface area contributed by atoms with Crippen LogP contribution >= 0.6 is 0 Å². The van der Waals surface area contributed by atoms with Crippen molar-refractivity contribution < 1.29 is 14.1 Å². The molecular formula is C18H22N4O3. The van der Waals surface area contributed by atoms with E-state index in [0.29, 0.717) is 31.3 Å². The number of benzene rings is 1. The number of hydrogen-bond donors (Lipinski definition) is 0. The van der Waals surface area contributed by atoms with Gasteiger partial charge in [-0.15, -0.1) is 0 Å². The van der Waals surface area contributed by atoms with Crippen molar-refractivity contribution in [3.05, 3.63) is 35.7 Å². The van der Waals surface area contributed by atoms with Crippen molar-refractivity contribution >= 4 is 6.09 Å². The Morgan fingerprint density at radius 1 is 1.24 bits per heavy atom. The van der Waals surface area contributed by atoms with Crippen molar-refractivity contribution in [3.63, 3.8) is 0 Å². The van der Waals surface area contributed by atoms with Crippen LogP contribution < -0.4 is 0 Å². The third-order valence-electron chi connectivity index (χ3n) is 4.89. The highest BCUT2D eigenvalue weighted by Gasteiger charge is 2.46. The first kappa shape index (κ1) is 16.1. The lowest BCUT2D eigenvalue weighted by atomic mass is 9.93. The van der Waals surface area contributed by atoms with Gasteiger partial charge in [0.25, 0.3) is 5.89 Å². The van der Waals surface area contributed by atoms with E-state index >= 15 is 0 Å². The molecule has 1 amide bonds. The molecule has 2 aliphatic rings. The second-order valence-corrected chi connectivity index (χ2v) is 7.10. The molecule has 3 heterocycles. The lowest BCUT2D eigenvalue weighted by molar-refractivity contribution is -0.0122. The first-order chi connectivity index (χ1) is 12.0. The summed E-state index contributed by atoms with van der Waals surface area (Å²) in [5.74, 6) is 1.19. The Bertz CT molecular complexity index is 773. The molecule has 4 rings (SSSR count). The van der Waals surface area contributed by atoms with Crippen LogP contribution in [0.4, 0.5) is 4.79 Å². The van der Waals surface area contributed by atoms with Gasteiger partial charge in [-0.2, -0.15) is 4.98 Å². The number of carbonyl (C=O) groups is 1. The van der Waals surface area contributed by atoms with E-state index in [2.05, 4.69) is 15.0 Å². The average molecular weight is 342 g/mol. The number of aryl methyl sites for hydroxylation is 1. The van der Waals surface area contributed by atoms with Crippen molar-refractivity contribution in [2.24, 2.45) is 0 Å². The molecule has 2 fully saturated rings. The Hall–Kier alpha value is -2.41. The molecule has 1 unspecified atom stereocenters. The van der Waals surface area contributed by atoms with Gasteiger partial charge in [0.1, 0.15) is 5.60 Å². The van der Waals surface area contributed by atoms with E-state index in [1.54, 1.807) is 11.9 Å². The molecule has 0 aliphatic carbocycles. The van der Waals surface area contributed by atoms with Gasteiger partial charge in [0.15, 0.2) is 5.82 Å². The number of rotatable bonds is 3. The first-order valence-corrected chi connectivity index (χ1v) is 8.59. The van der Waals surface area contributed by atoms with Crippen molar-refractivity contribution in [1.82, 2.24) is 19.9 Å². The van der Waals surface area contributed by atoms with Crippen molar-refractivity contribution in [2.45, 2.75) is 31.9 Å². The summed E-state index contributed by atoms with van der Waals surface area (Å²) in [6.45, 7) is 4.93. The molecule has 1 atom stereocenters. The number of carbonyl (C=O) groups excluding carboxylic acids is 1. The van der Waals surface area contributed by atoms with Gasteiger partial charge in [0, 0.05) is 19.2 Å². The van der Waals surface area contributed by atoms with E-state index in [-0.39, 0.29) is 6.09 Å². The largest absolute Gasteiger partial charge is 0.440 e. The minimum Gasteiger partial charge on any atom is -0.440 e. The summed E-state index contributed by atoms with van der Waals surface area (Å²) in [6.07, 6.45) is 1.66. The molecule has 7 nitrogen and oxygen atoms in total.